The number of hydrogen-bond acceptors (Lipinski definition) is 2. The van der Waals surface area contributed by atoms with Crippen LogP contribution in [0.15, 0.2) is 42.5 Å². The maximum Gasteiger partial charge on any atom is 0.170 e. The lowest BCUT2D eigenvalue weighted by molar-refractivity contribution is 0.301. The van der Waals surface area contributed by atoms with Crippen LogP contribution in [0.3, 0.4) is 0 Å². The van der Waals surface area contributed by atoms with Crippen molar-refractivity contribution in [3.8, 4) is 0 Å². The van der Waals surface area contributed by atoms with Gasteiger partial charge in [-0.25, -0.2) is 0 Å². The van der Waals surface area contributed by atoms with Crippen LogP contribution in [0.5, 0.6) is 0 Å². The minimum absolute atomic E-state index is 0.0690. The second-order valence-corrected chi connectivity index (χ2v) is 4.07. The topological polar surface area (TPSA) is 44.3 Å². The molecule has 0 amide bonds. The molecule has 0 spiro atoms. The average molecular weight is 246 g/mol. The van der Waals surface area contributed by atoms with E-state index in [1.165, 1.54) is 10.8 Å². The number of rotatable bonds is 3. The third-order valence-corrected chi connectivity index (χ3v) is 2.65. The lowest BCUT2D eigenvalue weighted by Crippen LogP contribution is -2.30. The van der Waals surface area contributed by atoms with E-state index in [4.69, 9.17) is 17.3 Å². The van der Waals surface area contributed by atoms with Gasteiger partial charge in [0.2, 0.25) is 0 Å². The molecule has 0 saturated carbocycles. The number of hydrogen-bond donors (Lipinski definition) is 3. The third-order valence-electron chi connectivity index (χ3n) is 2.40. The van der Waals surface area contributed by atoms with E-state index in [-0.39, 0.29) is 6.61 Å². The number of anilines is 1. The second kappa shape index (κ2) is 5.61. The monoisotopic (exact) mass is 246 g/mol. The molecule has 3 nitrogen and oxygen atoms in total. The lowest BCUT2D eigenvalue weighted by Gasteiger charge is -2.10. The van der Waals surface area contributed by atoms with Crippen molar-refractivity contribution in [2.24, 2.45) is 0 Å². The molecular weight excluding hydrogens is 232 g/mol. The molecular formula is C13H14N2OS. The lowest BCUT2D eigenvalue weighted by atomic mass is 10.1. The van der Waals surface area contributed by atoms with Crippen LogP contribution in [0.1, 0.15) is 0 Å². The zero-order valence-electron chi connectivity index (χ0n) is 9.31. The van der Waals surface area contributed by atoms with Gasteiger partial charge in [0, 0.05) is 12.2 Å². The van der Waals surface area contributed by atoms with Crippen LogP contribution in [-0.2, 0) is 0 Å². The van der Waals surface area contributed by atoms with Gasteiger partial charge < -0.3 is 15.7 Å². The summed E-state index contributed by atoms with van der Waals surface area (Å²) in [5, 5.41) is 17.5. The second-order valence-electron chi connectivity index (χ2n) is 3.67. The van der Waals surface area contributed by atoms with Gasteiger partial charge in [0.25, 0.3) is 0 Å². The highest BCUT2D eigenvalue weighted by Gasteiger charge is 1.98. The van der Waals surface area contributed by atoms with Gasteiger partial charge in [0.05, 0.1) is 6.61 Å². The van der Waals surface area contributed by atoms with Crippen molar-refractivity contribution < 1.29 is 5.11 Å². The predicted octanol–water partition coefficient (Wildman–Crippen LogP) is 2.12. The van der Waals surface area contributed by atoms with Crippen molar-refractivity contribution in [2.75, 3.05) is 18.5 Å². The smallest absolute Gasteiger partial charge is 0.170 e. The molecule has 2 rings (SSSR count). The van der Waals surface area contributed by atoms with Gasteiger partial charge >= 0.3 is 0 Å². The molecule has 0 fully saturated rings. The quantitative estimate of drug-likeness (QED) is 0.726. The first kappa shape index (κ1) is 11.8. The van der Waals surface area contributed by atoms with E-state index in [2.05, 4.69) is 22.8 Å². The number of benzene rings is 2. The van der Waals surface area contributed by atoms with E-state index in [1.54, 1.807) is 0 Å². The Morgan fingerprint density at radius 2 is 1.88 bits per heavy atom. The van der Waals surface area contributed by atoms with Crippen LogP contribution in [0, 0.1) is 0 Å². The van der Waals surface area contributed by atoms with Gasteiger partial charge in [-0.2, -0.15) is 0 Å². The fourth-order valence-corrected chi connectivity index (χ4v) is 1.83. The summed E-state index contributed by atoms with van der Waals surface area (Å²) in [5.74, 6) is 0. The summed E-state index contributed by atoms with van der Waals surface area (Å²) >= 11 is 5.09. The van der Waals surface area contributed by atoms with E-state index in [9.17, 15) is 0 Å². The summed E-state index contributed by atoms with van der Waals surface area (Å²) in [6, 6.07) is 14.2. The van der Waals surface area contributed by atoms with E-state index < -0.39 is 0 Å². The molecule has 2 aromatic rings. The Balaban J connectivity index is 2.11. The Morgan fingerprint density at radius 1 is 1.12 bits per heavy atom. The highest BCUT2D eigenvalue weighted by atomic mass is 32.1. The molecule has 3 N–H and O–H groups in total. The summed E-state index contributed by atoms with van der Waals surface area (Å²) in [6.45, 7) is 0.527. The van der Waals surface area contributed by atoms with Crippen LogP contribution in [-0.4, -0.2) is 23.4 Å². The molecule has 0 heterocycles. The van der Waals surface area contributed by atoms with Crippen molar-refractivity contribution in [1.82, 2.24) is 5.32 Å². The molecule has 0 aliphatic heterocycles. The number of aliphatic hydroxyl groups is 1. The van der Waals surface area contributed by atoms with Crippen molar-refractivity contribution >= 4 is 33.8 Å². The molecule has 0 atom stereocenters. The van der Waals surface area contributed by atoms with Crippen molar-refractivity contribution in [1.29, 1.82) is 0 Å². The molecule has 0 radical (unpaired) electrons. The summed E-state index contributed by atoms with van der Waals surface area (Å²) in [4.78, 5) is 0. The summed E-state index contributed by atoms with van der Waals surface area (Å²) < 4.78 is 0. The SMILES string of the molecule is OCCNC(=S)Nc1ccc2ccccc2c1. The molecule has 0 aliphatic rings. The Bertz CT molecular complexity index is 528. The van der Waals surface area contributed by atoms with Crippen LogP contribution in [0.4, 0.5) is 5.69 Å². The average Bonchev–Trinajstić information content (AvgIpc) is 2.36. The summed E-state index contributed by atoms with van der Waals surface area (Å²) in [6.07, 6.45) is 0. The molecule has 17 heavy (non-hydrogen) atoms. The van der Waals surface area contributed by atoms with E-state index in [0.29, 0.717) is 11.7 Å². The van der Waals surface area contributed by atoms with Crippen LogP contribution >= 0.6 is 12.2 Å². The molecule has 4 heteroatoms. The Hall–Kier alpha value is -1.65. The minimum Gasteiger partial charge on any atom is -0.395 e. The van der Waals surface area contributed by atoms with Crippen molar-refractivity contribution in [3.05, 3.63) is 42.5 Å². The van der Waals surface area contributed by atoms with Crippen LogP contribution in [0.2, 0.25) is 0 Å². The highest BCUT2D eigenvalue weighted by Crippen LogP contribution is 2.18. The number of nitrogens with one attached hydrogen (secondary N) is 2. The first-order chi connectivity index (χ1) is 8.29. The molecule has 0 bridgehead atoms. The van der Waals surface area contributed by atoms with Gasteiger partial charge in [0.15, 0.2) is 5.11 Å². The maximum absolute atomic E-state index is 8.67. The first-order valence-electron chi connectivity index (χ1n) is 5.44. The van der Waals surface area contributed by atoms with Gasteiger partial charge in [-0.3, -0.25) is 0 Å². The summed E-state index contributed by atoms with van der Waals surface area (Å²) in [7, 11) is 0. The summed E-state index contributed by atoms with van der Waals surface area (Å²) in [5.41, 5.74) is 0.944. The highest BCUT2D eigenvalue weighted by molar-refractivity contribution is 7.80. The number of aliphatic hydroxyl groups excluding tert-OH is 1. The van der Waals surface area contributed by atoms with Gasteiger partial charge in [0.1, 0.15) is 0 Å². The van der Waals surface area contributed by atoms with Crippen LogP contribution in [0.25, 0.3) is 10.8 Å². The van der Waals surface area contributed by atoms with Crippen molar-refractivity contribution in [2.45, 2.75) is 0 Å². The third kappa shape index (κ3) is 3.15. The Labute approximate surface area is 105 Å². The number of fused-ring (bicyclic) bond motifs is 1. The van der Waals surface area contributed by atoms with Crippen molar-refractivity contribution in [3.63, 3.8) is 0 Å². The standard InChI is InChI=1S/C13H14N2OS/c16-8-7-14-13(17)15-12-6-5-10-3-1-2-4-11(10)9-12/h1-6,9,16H,7-8H2,(H2,14,15,17). The van der Waals surface area contributed by atoms with Gasteiger partial charge in [-0.1, -0.05) is 30.3 Å². The minimum atomic E-state index is 0.0690. The largest absolute Gasteiger partial charge is 0.395 e. The first-order valence-corrected chi connectivity index (χ1v) is 5.85. The van der Waals surface area contributed by atoms with Crippen LogP contribution < -0.4 is 10.6 Å². The molecule has 0 unspecified atom stereocenters. The normalized spacial score (nSPS) is 10.2. The zero-order valence-corrected chi connectivity index (χ0v) is 10.1. The van der Waals surface area contributed by atoms with Gasteiger partial charge in [-0.05, 0) is 35.1 Å². The van der Waals surface area contributed by atoms with Gasteiger partial charge in [-0.15, -0.1) is 0 Å². The fourth-order valence-electron chi connectivity index (χ4n) is 1.61. The van der Waals surface area contributed by atoms with E-state index in [1.807, 2.05) is 30.3 Å². The fraction of sp³-hybridized carbons (Fsp3) is 0.154. The van der Waals surface area contributed by atoms with E-state index >= 15 is 0 Å². The molecule has 2 aromatic carbocycles. The predicted molar refractivity (Wildman–Crippen MR) is 75.3 cm³/mol. The molecule has 0 aromatic heterocycles. The molecule has 0 saturated heterocycles. The Morgan fingerprint density at radius 3 is 2.65 bits per heavy atom. The molecule has 88 valence electrons. The maximum atomic E-state index is 8.67. The molecule has 0 aliphatic carbocycles. The zero-order chi connectivity index (χ0) is 12.1. The number of thiocarbonyl (C=S) groups is 1. The Kier molecular flexibility index (Phi) is 3.90. The van der Waals surface area contributed by atoms with E-state index in [0.717, 1.165) is 5.69 Å².